The predicted octanol–water partition coefficient (Wildman–Crippen LogP) is 4.08. The van der Waals surface area contributed by atoms with E-state index in [1.54, 1.807) is 21.8 Å². The number of rotatable bonds is 7. The van der Waals surface area contributed by atoms with Gasteiger partial charge in [0.15, 0.2) is 5.65 Å². The van der Waals surface area contributed by atoms with Crippen molar-refractivity contribution in [2.24, 2.45) is 0 Å². The minimum atomic E-state index is -0.0957. The van der Waals surface area contributed by atoms with Crippen LogP contribution in [-0.2, 0) is 17.9 Å². The van der Waals surface area contributed by atoms with Crippen LogP contribution in [0.1, 0.15) is 23.4 Å². The van der Waals surface area contributed by atoms with Crippen molar-refractivity contribution in [2.75, 3.05) is 6.54 Å². The summed E-state index contributed by atoms with van der Waals surface area (Å²) >= 11 is 6.02. The highest BCUT2D eigenvalue weighted by Gasteiger charge is 2.15. The molecule has 1 aromatic carbocycles. The summed E-state index contributed by atoms with van der Waals surface area (Å²) in [5.74, 6) is -0.0957. The number of aryl methyl sites for hydroxylation is 4. The first-order valence-corrected chi connectivity index (χ1v) is 10.7. The van der Waals surface area contributed by atoms with Crippen molar-refractivity contribution in [3.8, 4) is 11.1 Å². The predicted molar refractivity (Wildman–Crippen MR) is 122 cm³/mol. The number of hydrogen-bond donors (Lipinski definition) is 1. The van der Waals surface area contributed by atoms with Gasteiger partial charge in [-0.2, -0.15) is 10.2 Å². The topological polar surface area (TPSA) is 77.6 Å². The molecule has 160 valence electrons. The van der Waals surface area contributed by atoms with Crippen LogP contribution in [-0.4, -0.2) is 37.0 Å². The van der Waals surface area contributed by atoms with Crippen LogP contribution in [0.3, 0.4) is 0 Å². The Balaban J connectivity index is 1.43. The highest BCUT2D eigenvalue weighted by Crippen LogP contribution is 2.29. The van der Waals surface area contributed by atoms with Gasteiger partial charge in [-0.3, -0.25) is 9.48 Å². The van der Waals surface area contributed by atoms with Crippen LogP contribution in [0.5, 0.6) is 0 Å². The molecule has 0 bridgehead atoms. The fourth-order valence-electron chi connectivity index (χ4n) is 3.63. The number of aromatic nitrogens is 5. The summed E-state index contributed by atoms with van der Waals surface area (Å²) in [7, 11) is 0. The van der Waals surface area contributed by atoms with E-state index in [2.05, 4.69) is 51.7 Å². The Bertz CT molecular complexity index is 1210. The lowest BCUT2D eigenvalue weighted by atomic mass is 10.0. The third kappa shape index (κ3) is 4.61. The normalized spacial score (nSPS) is 11.2. The minimum Gasteiger partial charge on any atom is -0.354 e. The molecular formula is C23H25ClN6O. The van der Waals surface area contributed by atoms with Gasteiger partial charge >= 0.3 is 0 Å². The second-order valence-corrected chi connectivity index (χ2v) is 8.10. The molecular weight excluding hydrogens is 412 g/mol. The Morgan fingerprint density at radius 3 is 2.55 bits per heavy atom. The first kappa shape index (κ1) is 21.1. The van der Waals surface area contributed by atoms with Gasteiger partial charge in [0, 0.05) is 30.9 Å². The molecule has 0 atom stereocenters. The van der Waals surface area contributed by atoms with E-state index in [1.807, 2.05) is 19.9 Å². The molecule has 0 radical (unpaired) electrons. The fraction of sp³-hybridized carbons (Fsp3) is 0.304. The number of amides is 1. The van der Waals surface area contributed by atoms with Crippen LogP contribution in [0.2, 0.25) is 5.02 Å². The van der Waals surface area contributed by atoms with Gasteiger partial charge in [0.05, 0.1) is 16.4 Å². The zero-order valence-corrected chi connectivity index (χ0v) is 18.6. The Hall–Kier alpha value is -3.19. The van der Waals surface area contributed by atoms with Crippen molar-refractivity contribution in [2.45, 2.75) is 40.3 Å². The molecule has 1 N–H and O–H groups in total. The Morgan fingerprint density at radius 2 is 1.84 bits per heavy atom. The molecule has 0 spiro atoms. The third-order valence-corrected chi connectivity index (χ3v) is 5.61. The molecule has 31 heavy (non-hydrogen) atoms. The highest BCUT2D eigenvalue weighted by molar-refractivity contribution is 6.31. The molecule has 7 nitrogen and oxygen atoms in total. The smallest absolute Gasteiger partial charge is 0.241 e. The van der Waals surface area contributed by atoms with Crippen molar-refractivity contribution < 1.29 is 4.79 Å². The lowest BCUT2D eigenvalue weighted by Gasteiger charge is -2.07. The molecule has 8 heteroatoms. The van der Waals surface area contributed by atoms with E-state index < -0.39 is 0 Å². The van der Waals surface area contributed by atoms with Gasteiger partial charge in [0.2, 0.25) is 5.91 Å². The molecule has 0 aliphatic rings. The summed E-state index contributed by atoms with van der Waals surface area (Å²) < 4.78 is 3.47. The second-order valence-electron chi connectivity index (χ2n) is 7.70. The maximum atomic E-state index is 12.5. The average Bonchev–Trinajstić information content (AvgIpc) is 3.24. The van der Waals surface area contributed by atoms with E-state index in [9.17, 15) is 4.79 Å². The van der Waals surface area contributed by atoms with Gasteiger partial charge in [-0.15, -0.1) is 0 Å². The maximum Gasteiger partial charge on any atom is 0.241 e. The third-order valence-electron chi connectivity index (χ3n) is 5.24. The second kappa shape index (κ2) is 8.89. The molecule has 0 aliphatic heterocycles. The molecule has 1 amide bonds. The summed E-state index contributed by atoms with van der Waals surface area (Å²) in [6.45, 7) is 7.26. The number of carbonyl (C=O) groups excluding carboxylic acids is 1. The van der Waals surface area contributed by atoms with Crippen molar-refractivity contribution in [1.29, 1.82) is 0 Å². The van der Waals surface area contributed by atoms with E-state index >= 15 is 0 Å². The number of halogens is 1. The molecule has 4 aromatic rings. The Kier molecular flexibility index (Phi) is 6.04. The molecule has 3 heterocycles. The van der Waals surface area contributed by atoms with E-state index in [0.717, 1.165) is 34.3 Å². The van der Waals surface area contributed by atoms with Crippen molar-refractivity contribution in [3.63, 3.8) is 0 Å². The SMILES string of the molecule is Cc1ccc(-c2ccnc3c2c(C)nn3CC(=O)NCCCn2cc(Cl)c(C)n2)cc1. The van der Waals surface area contributed by atoms with Gasteiger partial charge in [0.1, 0.15) is 6.54 Å². The highest BCUT2D eigenvalue weighted by atomic mass is 35.5. The quantitative estimate of drug-likeness (QED) is 0.443. The van der Waals surface area contributed by atoms with E-state index in [4.69, 9.17) is 11.6 Å². The standard InChI is InChI=1S/C23H25ClN6O/c1-15-5-7-18(8-6-15)19-9-11-26-23-22(19)17(3)28-30(23)14-21(31)25-10-4-12-29-13-20(24)16(2)27-29/h5-9,11,13H,4,10,12,14H2,1-3H3,(H,25,31). The van der Waals surface area contributed by atoms with Crippen molar-refractivity contribution in [3.05, 3.63) is 64.7 Å². The van der Waals surface area contributed by atoms with Gasteiger partial charge in [0.25, 0.3) is 0 Å². The van der Waals surface area contributed by atoms with Crippen molar-refractivity contribution >= 4 is 28.5 Å². The monoisotopic (exact) mass is 436 g/mol. The molecule has 3 aromatic heterocycles. The number of nitrogens with one attached hydrogen (secondary N) is 1. The summed E-state index contributed by atoms with van der Waals surface area (Å²) in [5, 5.41) is 13.5. The Labute approximate surface area is 186 Å². The van der Waals surface area contributed by atoms with Gasteiger partial charge in [-0.25, -0.2) is 9.67 Å². The number of fused-ring (bicyclic) bond motifs is 1. The van der Waals surface area contributed by atoms with Crippen LogP contribution >= 0.6 is 11.6 Å². The zero-order valence-electron chi connectivity index (χ0n) is 17.9. The number of nitrogens with zero attached hydrogens (tertiary/aromatic N) is 5. The number of pyridine rings is 1. The van der Waals surface area contributed by atoms with Crippen LogP contribution in [0.25, 0.3) is 22.2 Å². The van der Waals surface area contributed by atoms with Gasteiger partial charge in [-0.1, -0.05) is 41.4 Å². The molecule has 0 fully saturated rings. The summed E-state index contributed by atoms with van der Waals surface area (Å²) in [6, 6.07) is 10.4. The fourth-order valence-corrected chi connectivity index (χ4v) is 3.78. The first-order chi connectivity index (χ1) is 14.9. The van der Waals surface area contributed by atoms with Crippen molar-refractivity contribution in [1.82, 2.24) is 29.9 Å². The molecule has 0 unspecified atom stereocenters. The largest absolute Gasteiger partial charge is 0.354 e. The number of benzene rings is 1. The molecule has 0 aliphatic carbocycles. The molecule has 4 rings (SSSR count). The lowest BCUT2D eigenvalue weighted by molar-refractivity contribution is -0.121. The van der Waals surface area contributed by atoms with E-state index in [0.29, 0.717) is 23.8 Å². The minimum absolute atomic E-state index is 0.0957. The number of carbonyl (C=O) groups is 1. The maximum absolute atomic E-state index is 12.5. The van der Waals surface area contributed by atoms with E-state index in [-0.39, 0.29) is 12.5 Å². The van der Waals surface area contributed by atoms with Crippen LogP contribution in [0.4, 0.5) is 0 Å². The average molecular weight is 437 g/mol. The summed E-state index contributed by atoms with van der Waals surface area (Å²) in [5.41, 5.74) is 5.78. The molecule has 0 saturated carbocycles. The van der Waals surface area contributed by atoms with E-state index in [1.165, 1.54) is 5.56 Å². The van der Waals surface area contributed by atoms with Gasteiger partial charge in [-0.05, 0) is 44.4 Å². The van der Waals surface area contributed by atoms with Gasteiger partial charge < -0.3 is 5.32 Å². The number of hydrogen-bond acceptors (Lipinski definition) is 4. The summed E-state index contributed by atoms with van der Waals surface area (Å²) in [6.07, 6.45) is 4.33. The van der Waals surface area contributed by atoms with Crippen LogP contribution < -0.4 is 5.32 Å². The molecule has 0 saturated heterocycles. The zero-order chi connectivity index (χ0) is 22.0. The summed E-state index contributed by atoms with van der Waals surface area (Å²) in [4.78, 5) is 17.0. The van der Waals surface area contributed by atoms with Crippen LogP contribution in [0.15, 0.2) is 42.7 Å². The first-order valence-electron chi connectivity index (χ1n) is 10.3. The Morgan fingerprint density at radius 1 is 1.06 bits per heavy atom. The van der Waals surface area contributed by atoms with Crippen LogP contribution in [0, 0.1) is 20.8 Å². The lowest BCUT2D eigenvalue weighted by Crippen LogP contribution is -2.29.